The van der Waals surface area contributed by atoms with E-state index in [9.17, 15) is 13.6 Å². The molecule has 0 aliphatic heterocycles. The summed E-state index contributed by atoms with van der Waals surface area (Å²) < 4.78 is 34.6. The second kappa shape index (κ2) is 10.4. The third-order valence-corrected chi connectivity index (χ3v) is 6.09. The van der Waals surface area contributed by atoms with Crippen LogP contribution in [0.2, 0.25) is 0 Å². The molecule has 0 atom stereocenters. The number of methoxy groups -OCH3 is 1. The average molecular weight is 422 g/mol. The highest BCUT2D eigenvalue weighted by atomic mass is 32.2. The lowest BCUT2D eigenvalue weighted by atomic mass is 10.1. The predicted octanol–water partition coefficient (Wildman–Crippen LogP) is 4.70. The van der Waals surface area contributed by atoms with Gasteiger partial charge in [0.15, 0.2) is 11.5 Å². The van der Waals surface area contributed by atoms with Gasteiger partial charge in [0.25, 0.3) is 5.91 Å². The quantitative estimate of drug-likeness (QED) is 0.635. The molecule has 156 valence electrons. The molecule has 1 heterocycles. The van der Waals surface area contributed by atoms with E-state index in [-0.39, 0.29) is 17.4 Å². The van der Waals surface area contributed by atoms with E-state index in [0.29, 0.717) is 23.8 Å². The number of hydrogen-bond donors (Lipinski definition) is 1. The second-order valence-corrected chi connectivity index (χ2v) is 8.04. The Kier molecular flexibility index (Phi) is 7.69. The molecular weight excluding hydrogens is 398 g/mol. The Morgan fingerprint density at radius 1 is 1.28 bits per heavy atom. The number of amides is 1. The average Bonchev–Trinajstić information content (AvgIpc) is 3.21. The maximum absolute atomic E-state index is 12.6. The van der Waals surface area contributed by atoms with Crippen LogP contribution in [0.15, 0.2) is 41.6 Å². The van der Waals surface area contributed by atoms with Gasteiger partial charge in [-0.05, 0) is 49.1 Å². The Labute approximate surface area is 173 Å². The summed E-state index contributed by atoms with van der Waals surface area (Å²) in [6, 6.07) is 8.37. The van der Waals surface area contributed by atoms with E-state index in [1.54, 1.807) is 42.2 Å². The molecule has 8 heteroatoms. The molecule has 0 spiro atoms. The maximum Gasteiger partial charge on any atom is 0.387 e. The zero-order chi connectivity index (χ0) is 20.6. The van der Waals surface area contributed by atoms with Gasteiger partial charge < -0.3 is 14.8 Å². The van der Waals surface area contributed by atoms with Gasteiger partial charge in [-0.25, -0.2) is 4.98 Å². The Balaban J connectivity index is 1.59. The first kappa shape index (κ1) is 21.4. The monoisotopic (exact) mass is 422 g/mol. The van der Waals surface area contributed by atoms with Gasteiger partial charge in [0.1, 0.15) is 5.03 Å². The summed E-state index contributed by atoms with van der Waals surface area (Å²) in [5, 5.41) is 4.16. The Morgan fingerprint density at radius 3 is 2.79 bits per heavy atom. The van der Waals surface area contributed by atoms with E-state index in [1.165, 1.54) is 26.0 Å². The molecule has 3 rings (SSSR count). The van der Waals surface area contributed by atoms with Crippen LogP contribution < -0.4 is 14.8 Å². The van der Waals surface area contributed by atoms with Gasteiger partial charge in [-0.1, -0.05) is 18.9 Å². The van der Waals surface area contributed by atoms with Crippen molar-refractivity contribution in [3.05, 3.63) is 47.7 Å². The molecule has 29 heavy (non-hydrogen) atoms. The SMILES string of the molecule is COc1ccc(CCNC(=O)c2cccnc2SC2CCCC2)cc1OC(F)F. The van der Waals surface area contributed by atoms with Gasteiger partial charge in [-0.2, -0.15) is 8.78 Å². The standard InChI is InChI=1S/C21H24F2N2O3S/c1-27-17-9-8-14(13-18(17)28-21(22)23)10-12-24-19(26)16-7-4-11-25-20(16)29-15-5-2-3-6-15/h4,7-9,11,13,15,21H,2-3,5-6,10,12H2,1H3,(H,24,26). The number of ether oxygens (including phenoxy) is 2. The molecule has 1 aromatic carbocycles. The minimum absolute atomic E-state index is 0.0196. The van der Waals surface area contributed by atoms with Crippen LogP contribution in [0.3, 0.4) is 0 Å². The Morgan fingerprint density at radius 2 is 2.07 bits per heavy atom. The summed E-state index contributed by atoms with van der Waals surface area (Å²) in [6.45, 7) is -2.57. The first-order valence-corrected chi connectivity index (χ1v) is 10.5. The fraction of sp³-hybridized carbons (Fsp3) is 0.429. The summed E-state index contributed by atoms with van der Waals surface area (Å²) in [7, 11) is 1.39. The highest BCUT2D eigenvalue weighted by Gasteiger charge is 2.20. The molecule has 1 amide bonds. The van der Waals surface area contributed by atoms with Gasteiger partial charge in [-0.15, -0.1) is 11.8 Å². The molecule has 2 aromatic rings. The van der Waals surface area contributed by atoms with Crippen LogP contribution in [0.1, 0.15) is 41.6 Å². The molecule has 1 aliphatic rings. The number of carbonyl (C=O) groups is 1. The highest BCUT2D eigenvalue weighted by molar-refractivity contribution is 7.99. The number of benzene rings is 1. The third-order valence-electron chi connectivity index (χ3n) is 4.74. The van der Waals surface area contributed by atoms with Crippen molar-refractivity contribution >= 4 is 17.7 Å². The normalized spacial score (nSPS) is 14.2. The minimum Gasteiger partial charge on any atom is -0.493 e. The van der Waals surface area contributed by atoms with E-state index < -0.39 is 6.61 Å². The second-order valence-electron chi connectivity index (χ2n) is 6.75. The molecule has 0 radical (unpaired) electrons. The zero-order valence-electron chi connectivity index (χ0n) is 16.2. The lowest BCUT2D eigenvalue weighted by Gasteiger charge is -2.13. The lowest BCUT2D eigenvalue weighted by molar-refractivity contribution is -0.0512. The molecule has 1 saturated carbocycles. The third kappa shape index (κ3) is 6.06. The molecule has 1 aromatic heterocycles. The van der Waals surface area contributed by atoms with E-state index >= 15 is 0 Å². The van der Waals surface area contributed by atoms with Crippen LogP contribution in [-0.4, -0.2) is 36.4 Å². The largest absolute Gasteiger partial charge is 0.493 e. The molecular formula is C21H24F2N2O3S. The van der Waals surface area contributed by atoms with Crippen LogP contribution in [0.4, 0.5) is 8.78 Å². The van der Waals surface area contributed by atoms with Crippen molar-refractivity contribution in [2.75, 3.05) is 13.7 Å². The van der Waals surface area contributed by atoms with Crippen molar-refractivity contribution in [3.63, 3.8) is 0 Å². The number of pyridine rings is 1. The van der Waals surface area contributed by atoms with Crippen molar-refractivity contribution in [2.45, 2.75) is 49.0 Å². The molecule has 1 aliphatic carbocycles. The fourth-order valence-corrected chi connectivity index (χ4v) is 4.60. The molecule has 5 nitrogen and oxygen atoms in total. The minimum atomic E-state index is -2.93. The number of halogens is 2. The Bertz CT molecular complexity index is 829. The molecule has 0 unspecified atom stereocenters. The van der Waals surface area contributed by atoms with Gasteiger partial charge >= 0.3 is 6.61 Å². The zero-order valence-corrected chi connectivity index (χ0v) is 17.0. The number of thioether (sulfide) groups is 1. The van der Waals surface area contributed by atoms with E-state index in [0.717, 1.165) is 23.4 Å². The summed E-state index contributed by atoms with van der Waals surface area (Å²) >= 11 is 1.67. The number of alkyl halides is 2. The first-order valence-electron chi connectivity index (χ1n) is 9.58. The van der Waals surface area contributed by atoms with Crippen LogP contribution in [0.25, 0.3) is 0 Å². The molecule has 1 fully saturated rings. The van der Waals surface area contributed by atoms with Gasteiger partial charge in [0.05, 0.1) is 12.7 Å². The number of aromatic nitrogens is 1. The first-order chi connectivity index (χ1) is 14.1. The van der Waals surface area contributed by atoms with Crippen molar-refractivity contribution in [1.29, 1.82) is 0 Å². The van der Waals surface area contributed by atoms with Crippen LogP contribution in [0.5, 0.6) is 11.5 Å². The van der Waals surface area contributed by atoms with Crippen LogP contribution in [-0.2, 0) is 6.42 Å². The number of rotatable bonds is 9. The summed E-state index contributed by atoms with van der Waals surface area (Å²) in [4.78, 5) is 17.0. The molecule has 1 N–H and O–H groups in total. The van der Waals surface area contributed by atoms with Crippen LogP contribution in [0, 0.1) is 0 Å². The van der Waals surface area contributed by atoms with Crippen LogP contribution >= 0.6 is 11.8 Å². The topological polar surface area (TPSA) is 60.5 Å². The number of hydrogen-bond acceptors (Lipinski definition) is 5. The smallest absolute Gasteiger partial charge is 0.387 e. The van der Waals surface area contributed by atoms with Crippen molar-refractivity contribution in [2.24, 2.45) is 0 Å². The lowest BCUT2D eigenvalue weighted by Crippen LogP contribution is -2.26. The molecule has 0 bridgehead atoms. The molecule has 0 saturated heterocycles. The highest BCUT2D eigenvalue weighted by Crippen LogP contribution is 2.35. The van der Waals surface area contributed by atoms with Gasteiger partial charge in [0.2, 0.25) is 0 Å². The number of nitrogens with one attached hydrogen (secondary N) is 1. The summed E-state index contributed by atoms with van der Waals surface area (Å²) in [6.07, 6.45) is 6.94. The van der Waals surface area contributed by atoms with Crippen molar-refractivity contribution in [3.8, 4) is 11.5 Å². The predicted molar refractivity (Wildman–Crippen MR) is 108 cm³/mol. The van der Waals surface area contributed by atoms with E-state index in [2.05, 4.69) is 15.0 Å². The van der Waals surface area contributed by atoms with Gasteiger partial charge in [0, 0.05) is 18.0 Å². The number of nitrogens with zero attached hydrogens (tertiary/aromatic N) is 1. The Hall–Kier alpha value is -2.35. The van der Waals surface area contributed by atoms with E-state index in [4.69, 9.17) is 4.74 Å². The van der Waals surface area contributed by atoms with Crippen molar-refractivity contribution < 1.29 is 23.0 Å². The summed E-state index contributed by atoms with van der Waals surface area (Å²) in [5.41, 5.74) is 1.33. The van der Waals surface area contributed by atoms with Crippen molar-refractivity contribution in [1.82, 2.24) is 10.3 Å². The fourth-order valence-electron chi connectivity index (χ4n) is 3.30. The summed E-state index contributed by atoms with van der Waals surface area (Å²) in [5.74, 6) is 0.0343. The van der Waals surface area contributed by atoms with E-state index in [1.807, 2.05) is 0 Å². The van der Waals surface area contributed by atoms with Gasteiger partial charge in [-0.3, -0.25) is 4.79 Å². The number of carbonyl (C=O) groups excluding carboxylic acids is 1. The maximum atomic E-state index is 12.6.